The maximum atomic E-state index is 13.7. The van der Waals surface area contributed by atoms with E-state index in [-0.39, 0.29) is 10.8 Å². The molecule has 0 aliphatic carbocycles. The van der Waals surface area contributed by atoms with E-state index in [2.05, 4.69) is 0 Å². The van der Waals surface area contributed by atoms with Crippen LogP contribution >= 0.6 is 0 Å². The Kier molecular flexibility index (Phi) is 5.91. The summed E-state index contributed by atoms with van der Waals surface area (Å²) in [7, 11) is -4.24. The second kappa shape index (κ2) is 7.77. The normalized spacial score (nSPS) is 11.3. The predicted molar refractivity (Wildman–Crippen MR) is 90.8 cm³/mol. The molecule has 0 unspecified atom stereocenters. The molecule has 0 saturated carbocycles. The first-order valence-corrected chi connectivity index (χ1v) is 9.25. The summed E-state index contributed by atoms with van der Waals surface area (Å²) >= 11 is 0. The number of nitrogens with zero attached hydrogens (tertiary/aromatic N) is 1. The maximum absolute atomic E-state index is 13.7. The summed E-state index contributed by atoms with van der Waals surface area (Å²) < 4.78 is 66.2. The quantitative estimate of drug-likeness (QED) is 0.774. The van der Waals surface area contributed by atoms with Gasteiger partial charge < -0.3 is 4.90 Å². The van der Waals surface area contributed by atoms with Crippen molar-refractivity contribution in [2.75, 3.05) is 17.8 Å². The standard InChI is InChI=1S/C17H17F3N2O3S/c1-3-22(4-2)17(23)11-5-7-12(8-6-11)26(24,25)21-14-10-9-13(18)15(19)16(14)20/h5-10,21H,3-4H2,1-2H3. The van der Waals surface area contributed by atoms with E-state index < -0.39 is 33.2 Å². The average molecular weight is 386 g/mol. The zero-order chi connectivity index (χ0) is 19.5. The molecule has 0 saturated heterocycles. The van der Waals surface area contributed by atoms with Gasteiger partial charge in [0.25, 0.3) is 15.9 Å². The Morgan fingerprint density at radius 2 is 1.54 bits per heavy atom. The van der Waals surface area contributed by atoms with Gasteiger partial charge in [0.15, 0.2) is 17.5 Å². The predicted octanol–water partition coefficient (Wildman–Crippen LogP) is 3.39. The molecule has 2 rings (SSSR count). The van der Waals surface area contributed by atoms with Gasteiger partial charge in [0.2, 0.25) is 0 Å². The highest BCUT2D eigenvalue weighted by molar-refractivity contribution is 7.92. The summed E-state index contributed by atoms with van der Waals surface area (Å²) in [5.74, 6) is -5.09. The van der Waals surface area contributed by atoms with E-state index in [1.165, 1.54) is 24.3 Å². The fourth-order valence-corrected chi connectivity index (χ4v) is 3.34. The lowest BCUT2D eigenvalue weighted by Gasteiger charge is -2.18. The van der Waals surface area contributed by atoms with Crippen molar-refractivity contribution in [2.24, 2.45) is 0 Å². The molecular formula is C17H17F3N2O3S. The Labute approximate surface area is 149 Å². The minimum absolute atomic E-state index is 0.251. The maximum Gasteiger partial charge on any atom is 0.261 e. The molecule has 9 heteroatoms. The van der Waals surface area contributed by atoms with Crippen LogP contribution in [0.15, 0.2) is 41.3 Å². The Morgan fingerprint density at radius 3 is 2.08 bits per heavy atom. The lowest BCUT2D eigenvalue weighted by atomic mass is 10.2. The van der Waals surface area contributed by atoms with Crippen LogP contribution in [0.1, 0.15) is 24.2 Å². The van der Waals surface area contributed by atoms with Gasteiger partial charge in [-0.3, -0.25) is 9.52 Å². The van der Waals surface area contributed by atoms with E-state index in [1.807, 2.05) is 18.6 Å². The highest BCUT2D eigenvalue weighted by Crippen LogP contribution is 2.23. The van der Waals surface area contributed by atoms with E-state index >= 15 is 0 Å². The molecule has 0 atom stereocenters. The summed E-state index contributed by atoms with van der Waals surface area (Å²) in [6, 6.07) is 6.41. The van der Waals surface area contributed by atoms with Gasteiger partial charge in [-0.15, -0.1) is 0 Å². The van der Waals surface area contributed by atoms with Gasteiger partial charge in [0.1, 0.15) is 0 Å². The molecule has 0 spiro atoms. The summed E-state index contributed by atoms with van der Waals surface area (Å²) in [6.45, 7) is 4.65. The largest absolute Gasteiger partial charge is 0.339 e. The SMILES string of the molecule is CCN(CC)C(=O)c1ccc(S(=O)(=O)Nc2ccc(F)c(F)c2F)cc1. The molecule has 26 heavy (non-hydrogen) atoms. The number of anilines is 1. The number of carbonyl (C=O) groups is 1. The van der Waals surface area contributed by atoms with Crippen LogP contribution in [0.4, 0.5) is 18.9 Å². The molecule has 0 aromatic heterocycles. The van der Waals surface area contributed by atoms with E-state index in [9.17, 15) is 26.4 Å². The topological polar surface area (TPSA) is 66.5 Å². The molecule has 0 radical (unpaired) electrons. The third kappa shape index (κ3) is 3.98. The molecule has 2 aromatic carbocycles. The first-order valence-electron chi connectivity index (χ1n) is 7.76. The lowest BCUT2D eigenvalue weighted by molar-refractivity contribution is 0.0773. The lowest BCUT2D eigenvalue weighted by Crippen LogP contribution is -2.30. The number of hydrogen-bond acceptors (Lipinski definition) is 3. The van der Waals surface area contributed by atoms with Crippen molar-refractivity contribution in [3.8, 4) is 0 Å². The summed E-state index contributed by atoms with van der Waals surface area (Å²) in [4.78, 5) is 13.5. The molecule has 0 fully saturated rings. The van der Waals surface area contributed by atoms with Crippen molar-refractivity contribution in [2.45, 2.75) is 18.7 Å². The minimum Gasteiger partial charge on any atom is -0.339 e. The fourth-order valence-electron chi connectivity index (χ4n) is 2.28. The Hall–Kier alpha value is -2.55. The summed E-state index contributed by atoms with van der Waals surface area (Å²) in [5, 5.41) is 0. The monoisotopic (exact) mass is 386 g/mol. The molecule has 1 amide bonds. The highest BCUT2D eigenvalue weighted by atomic mass is 32.2. The number of benzene rings is 2. The van der Waals surface area contributed by atoms with Gasteiger partial charge in [0, 0.05) is 18.7 Å². The van der Waals surface area contributed by atoms with Gasteiger partial charge in [0.05, 0.1) is 10.6 Å². The zero-order valence-electron chi connectivity index (χ0n) is 14.1. The zero-order valence-corrected chi connectivity index (χ0v) is 14.9. The number of halogens is 3. The van der Waals surface area contributed by atoms with Crippen LogP contribution in [-0.2, 0) is 10.0 Å². The van der Waals surface area contributed by atoms with Crippen LogP contribution < -0.4 is 4.72 Å². The third-order valence-electron chi connectivity index (χ3n) is 3.74. The molecule has 5 nitrogen and oxygen atoms in total. The van der Waals surface area contributed by atoms with E-state index in [0.29, 0.717) is 24.7 Å². The van der Waals surface area contributed by atoms with Crippen LogP contribution in [0, 0.1) is 17.5 Å². The number of amides is 1. The number of sulfonamides is 1. The smallest absolute Gasteiger partial charge is 0.261 e. The average Bonchev–Trinajstić information content (AvgIpc) is 2.63. The van der Waals surface area contributed by atoms with Gasteiger partial charge >= 0.3 is 0 Å². The minimum atomic E-state index is -4.24. The van der Waals surface area contributed by atoms with Crippen molar-refractivity contribution in [1.29, 1.82) is 0 Å². The highest BCUT2D eigenvalue weighted by Gasteiger charge is 2.21. The van der Waals surface area contributed by atoms with Gasteiger partial charge in [-0.05, 0) is 50.2 Å². The Bertz CT molecular complexity index is 912. The molecular weight excluding hydrogens is 369 g/mol. The second-order valence-electron chi connectivity index (χ2n) is 5.33. The van der Waals surface area contributed by atoms with Gasteiger partial charge in [-0.25, -0.2) is 21.6 Å². The number of rotatable bonds is 6. The molecule has 2 aromatic rings. The third-order valence-corrected chi connectivity index (χ3v) is 5.12. The first-order chi connectivity index (χ1) is 12.2. The Balaban J connectivity index is 2.28. The number of hydrogen-bond donors (Lipinski definition) is 1. The molecule has 0 aliphatic rings. The van der Waals surface area contributed by atoms with Crippen LogP contribution in [0.3, 0.4) is 0 Å². The second-order valence-corrected chi connectivity index (χ2v) is 7.01. The van der Waals surface area contributed by atoms with Crippen molar-refractivity contribution in [3.63, 3.8) is 0 Å². The first kappa shape index (κ1) is 19.8. The van der Waals surface area contributed by atoms with Gasteiger partial charge in [-0.1, -0.05) is 0 Å². The van der Waals surface area contributed by atoms with Crippen molar-refractivity contribution >= 4 is 21.6 Å². The summed E-state index contributed by atoms with van der Waals surface area (Å²) in [6.07, 6.45) is 0. The van der Waals surface area contributed by atoms with Crippen LogP contribution in [0.5, 0.6) is 0 Å². The summed E-state index contributed by atoms with van der Waals surface area (Å²) in [5.41, 5.74) is -0.418. The molecule has 1 N–H and O–H groups in total. The van der Waals surface area contributed by atoms with E-state index in [0.717, 1.165) is 6.07 Å². The molecule has 0 heterocycles. The van der Waals surface area contributed by atoms with Crippen LogP contribution in [0.2, 0.25) is 0 Å². The fraction of sp³-hybridized carbons (Fsp3) is 0.235. The van der Waals surface area contributed by atoms with Crippen molar-refractivity contribution in [3.05, 3.63) is 59.4 Å². The van der Waals surface area contributed by atoms with E-state index in [1.54, 1.807) is 4.90 Å². The van der Waals surface area contributed by atoms with Crippen molar-refractivity contribution < 1.29 is 26.4 Å². The van der Waals surface area contributed by atoms with E-state index in [4.69, 9.17) is 0 Å². The van der Waals surface area contributed by atoms with Crippen LogP contribution in [-0.4, -0.2) is 32.3 Å². The molecule has 0 aliphatic heterocycles. The van der Waals surface area contributed by atoms with Gasteiger partial charge in [-0.2, -0.15) is 0 Å². The number of carbonyl (C=O) groups excluding carboxylic acids is 1. The molecule has 0 bridgehead atoms. The van der Waals surface area contributed by atoms with Crippen molar-refractivity contribution in [1.82, 2.24) is 4.90 Å². The number of nitrogens with one attached hydrogen (secondary N) is 1. The van der Waals surface area contributed by atoms with Crippen LogP contribution in [0.25, 0.3) is 0 Å². The molecule has 140 valence electrons. The Morgan fingerprint density at radius 1 is 0.962 bits per heavy atom.